The lowest BCUT2D eigenvalue weighted by molar-refractivity contribution is -0.132. The number of nitrogens with zero attached hydrogens (tertiary/aromatic N) is 1. The van der Waals surface area contributed by atoms with Crippen LogP contribution in [0.2, 0.25) is 0 Å². The van der Waals surface area contributed by atoms with E-state index < -0.39 is 0 Å². The van der Waals surface area contributed by atoms with E-state index >= 15 is 0 Å². The lowest BCUT2D eigenvalue weighted by Gasteiger charge is -2.24. The van der Waals surface area contributed by atoms with E-state index in [1.54, 1.807) is 7.11 Å². The number of nitrogens with one attached hydrogen (secondary N) is 1. The van der Waals surface area contributed by atoms with Crippen molar-refractivity contribution in [2.45, 2.75) is 50.7 Å². The average molecular weight is 381 g/mol. The Hall–Kier alpha value is -1.07. The SMILES string of the molecule is COc1ccc(Br)cc1CN(C)C(=O)C1CC2CCCCC2N1. The third kappa shape index (κ3) is 3.72. The first-order valence-electron chi connectivity index (χ1n) is 8.42. The summed E-state index contributed by atoms with van der Waals surface area (Å²) < 4.78 is 6.41. The summed E-state index contributed by atoms with van der Waals surface area (Å²) in [5.41, 5.74) is 1.02. The maximum absolute atomic E-state index is 12.8. The van der Waals surface area contributed by atoms with E-state index in [1.807, 2.05) is 30.1 Å². The van der Waals surface area contributed by atoms with Crippen LogP contribution < -0.4 is 10.1 Å². The minimum Gasteiger partial charge on any atom is -0.496 e. The Morgan fingerprint density at radius 2 is 2.17 bits per heavy atom. The van der Waals surface area contributed by atoms with Gasteiger partial charge < -0.3 is 15.0 Å². The molecule has 2 aliphatic rings. The van der Waals surface area contributed by atoms with E-state index in [0.717, 1.165) is 22.2 Å². The van der Waals surface area contributed by atoms with Crippen LogP contribution >= 0.6 is 15.9 Å². The summed E-state index contributed by atoms with van der Waals surface area (Å²) in [7, 11) is 3.55. The highest BCUT2D eigenvalue weighted by molar-refractivity contribution is 9.10. The first-order chi connectivity index (χ1) is 11.1. The van der Waals surface area contributed by atoms with E-state index in [9.17, 15) is 4.79 Å². The van der Waals surface area contributed by atoms with Gasteiger partial charge >= 0.3 is 0 Å². The number of rotatable bonds is 4. The largest absolute Gasteiger partial charge is 0.496 e. The second-order valence-corrected chi connectivity index (χ2v) is 7.67. The van der Waals surface area contributed by atoms with Gasteiger partial charge in [0.25, 0.3) is 0 Å². The van der Waals surface area contributed by atoms with E-state index in [-0.39, 0.29) is 11.9 Å². The molecule has 0 spiro atoms. The monoisotopic (exact) mass is 380 g/mol. The van der Waals surface area contributed by atoms with Crippen LogP contribution in [0.5, 0.6) is 5.75 Å². The summed E-state index contributed by atoms with van der Waals surface area (Å²) in [6, 6.07) is 6.43. The van der Waals surface area contributed by atoms with Gasteiger partial charge in [0.1, 0.15) is 5.75 Å². The molecule has 1 saturated heterocycles. The lowest BCUT2D eigenvalue weighted by atomic mass is 9.85. The number of carbonyl (C=O) groups is 1. The van der Waals surface area contributed by atoms with E-state index in [4.69, 9.17) is 4.74 Å². The van der Waals surface area contributed by atoms with Crippen LogP contribution in [-0.2, 0) is 11.3 Å². The Balaban J connectivity index is 1.65. The summed E-state index contributed by atoms with van der Waals surface area (Å²) in [6.45, 7) is 0.564. The molecule has 2 fully saturated rings. The van der Waals surface area contributed by atoms with Crippen molar-refractivity contribution in [3.8, 4) is 5.75 Å². The summed E-state index contributed by atoms with van der Waals surface area (Å²) in [4.78, 5) is 14.6. The van der Waals surface area contributed by atoms with Gasteiger partial charge in [0.05, 0.1) is 13.2 Å². The highest BCUT2D eigenvalue weighted by atomic mass is 79.9. The zero-order valence-electron chi connectivity index (χ0n) is 13.8. The van der Waals surface area contributed by atoms with Crippen molar-refractivity contribution < 1.29 is 9.53 Å². The number of halogens is 1. The Kier molecular flexibility index (Phi) is 5.27. The Morgan fingerprint density at radius 1 is 1.39 bits per heavy atom. The average Bonchev–Trinajstić information content (AvgIpc) is 2.98. The van der Waals surface area contributed by atoms with E-state index in [2.05, 4.69) is 21.2 Å². The van der Waals surface area contributed by atoms with Crippen molar-refractivity contribution in [3.63, 3.8) is 0 Å². The summed E-state index contributed by atoms with van der Waals surface area (Å²) >= 11 is 3.49. The summed E-state index contributed by atoms with van der Waals surface area (Å²) in [6.07, 6.45) is 6.08. The van der Waals surface area contributed by atoms with Crippen molar-refractivity contribution in [1.29, 1.82) is 0 Å². The molecule has 5 heteroatoms. The van der Waals surface area contributed by atoms with Gasteiger partial charge in [-0.3, -0.25) is 4.79 Å². The summed E-state index contributed by atoms with van der Waals surface area (Å²) in [5, 5.41) is 3.57. The fourth-order valence-electron chi connectivity index (χ4n) is 3.98. The van der Waals surface area contributed by atoms with Gasteiger partial charge in [0.2, 0.25) is 5.91 Å². The number of hydrogen-bond acceptors (Lipinski definition) is 3. The van der Waals surface area contributed by atoms with Gasteiger partial charge in [-0.1, -0.05) is 28.8 Å². The molecule has 1 aromatic carbocycles. The zero-order valence-corrected chi connectivity index (χ0v) is 15.4. The molecular weight excluding hydrogens is 356 g/mol. The van der Waals surface area contributed by atoms with Crippen molar-refractivity contribution in [2.24, 2.45) is 5.92 Å². The van der Waals surface area contributed by atoms with Crippen LogP contribution in [0.4, 0.5) is 0 Å². The van der Waals surface area contributed by atoms with Crippen molar-refractivity contribution in [3.05, 3.63) is 28.2 Å². The molecule has 126 valence electrons. The van der Waals surface area contributed by atoms with Crippen LogP contribution in [0.25, 0.3) is 0 Å². The fourth-order valence-corrected chi connectivity index (χ4v) is 4.39. The van der Waals surface area contributed by atoms with Gasteiger partial charge in [-0.2, -0.15) is 0 Å². The first-order valence-corrected chi connectivity index (χ1v) is 9.21. The number of fused-ring (bicyclic) bond motifs is 1. The normalized spacial score (nSPS) is 26.7. The minimum atomic E-state index is -0.0220. The number of likely N-dealkylation sites (N-methyl/N-ethyl adjacent to an activating group) is 1. The molecule has 3 rings (SSSR count). The molecule has 0 radical (unpaired) electrons. The Morgan fingerprint density at radius 3 is 2.91 bits per heavy atom. The molecule has 0 aromatic heterocycles. The second kappa shape index (κ2) is 7.22. The molecule has 0 bridgehead atoms. The molecule has 1 amide bonds. The van der Waals surface area contributed by atoms with Crippen LogP contribution in [-0.4, -0.2) is 37.0 Å². The van der Waals surface area contributed by atoms with Gasteiger partial charge in [-0.25, -0.2) is 0 Å². The number of amides is 1. The minimum absolute atomic E-state index is 0.0220. The van der Waals surface area contributed by atoms with Crippen LogP contribution in [0.1, 0.15) is 37.7 Å². The zero-order chi connectivity index (χ0) is 16.4. The molecule has 1 aliphatic heterocycles. The molecule has 1 heterocycles. The summed E-state index contributed by atoms with van der Waals surface area (Å²) in [5.74, 6) is 1.70. The molecular formula is C18H25BrN2O2. The molecule has 4 nitrogen and oxygen atoms in total. The van der Waals surface area contributed by atoms with Gasteiger partial charge in [-0.15, -0.1) is 0 Å². The van der Waals surface area contributed by atoms with Crippen LogP contribution in [0.3, 0.4) is 0 Å². The third-order valence-corrected chi connectivity index (χ3v) is 5.68. The Labute approximate surface area is 146 Å². The van der Waals surface area contributed by atoms with Gasteiger partial charge in [0, 0.05) is 29.7 Å². The van der Waals surface area contributed by atoms with Crippen LogP contribution in [0.15, 0.2) is 22.7 Å². The highest BCUT2D eigenvalue weighted by Crippen LogP contribution is 2.34. The standard InChI is InChI=1S/C18H25BrN2O2/c1-21(11-13-9-14(19)7-8-17(13)23-2)18(22)16-10-12-5-3-4-6-15(12)20-16/h7-9,12,15-16,20H,3-6,10-11H2,1-2H3. The highest BCUT2D eigenvalue weighted by Gasteiger charge is 2.39. The van der Waals surface area contributed by atoms with Crippen LogP contribution in [0, 0.1) is 5.92 Å². The third-order valence-electron chi connectivity index (χ3n) is 5.19. The number of ether oxygens (including phenoxy) is 1. The van der Waals surface area contributed by atoms with Gasteiger partial charge in [-0.05, 0) is 43.4 Å². The van der Waals surface area contributed by atoms with Crippen molar-refractivity contribution in [1.82, 2.24) is 10.2 Å². The smallest absolute Gasteiger partial charge is 0.239 e. The van der Waals surface area contributed by atoms with Crippen molar-refractivity contribution in [2.75, 3.05) is 14.2 Å². The number of hydrogen-bond donors (Lipinski definition) is 1. The van der Waals surface area contributed by atoms with E-state index in [0.29, 0.717) is 18.5 Å². The molecule has 23 heavy (non-hydrogen) atoms. The van der Waals surface area contributed by atoms with Crippen molar-refractivity contribution >= 4 is 21.8 Å². The Bertz CT molecular complexity index is 564. The number of benzene rings is 1. The molecule has 3 atom stereocenters. The lowest BCUT2D eigenvalue weighted by Crippen LogP contribution is -2.43. The predicted octanol–water partition coefficient (Wildman–Crippen LogP) is 3.34. The molecule has 1 saturated carbocycles. The van der Waals surface area contributed by atoms with Gasteiger partial charge in [0.15, 0.2) is 0 Å². The first kappa shape index (κ1) is 16.8. The quantitative estimate of drug-likeness (QED) is 0.870. The maximum Gasteiger partial charge on any atom is 0.239 e. The fraction of sp³-hybridized carbons (Fsp3) is 0.611. The number of carbonyl (C=O) groups excluding carboxylic acids is 1. The molecule has 1 N–H and O–H groups in total. The second-order valence-electron chi connectivity index (χ2n) is 6.76. The molecule has 1 aromatic rings. The van der Waals surface area contributed by atoms with E-state index in [1.165, 1.54) is 25.7 Å². The predicted molar refractivity (Wildman–Crippen MR) is 94.5 cm³/mol. The number of methoxy groups -OCH3 is 1. The molecule has 3 unspecified atom stereocenters. The maximum atomic E-state index is 12.8. The topological polar surface area (TPSA) is 41.6 Å². The molecule has 1 aliphatic carbocycles.